The lowest BCUT2D eigenvalue weighted by molar-refractivity contribution is 0.251. The summed E-state index contributed by atoms with van der Waals surface area (Å²) < 4.78 is 1.07. The Morgan fingerprint density at radius 1 is 1.73 bits per heavy atom. The molecule has 0 aromatic carbocycles. The molecule has 0 aliphatic carbocycles. The molecule has 1 aromatic rings. The molecule has 0 saturated carbocycles. The summed E-state index contributed by atoms with van der Waals surface area (Å²) in [6, 6.07) is 0.0515. The third-order valence-electron chi connectivity index (χ3n) is 1.55. The van der Waals surface area contributed by atoms with Crippen molar-refractivity contribution < 1.29 is 5.11 Å². The summed E-state index contributed by atoms with van der Waals surface area (Å²) in [6.07, 6.45) is 0. The fourth-order valence-electron chi connectivity index (χ4n) is 0.885. The molecule has 62 valence electrons. The first kappa shape index (κ1) is 9.19. The molecule has 4 heteroatoms. The maximum absolute atomic E-state index is 8.94. The molecule has 0 amide bonds. The zero-order valence-corrected chi connectivity index (χ0v) is 8.58. The van der Waals surface area contributed by atoms with Crippen LogP contribution in [0, 0.1) is 0 Å². The van der Waals surface area contributed by atoms with Crippen LogP contribution in [0.5, 0.6) is 0 Å². The van der Waals surface area contributed by atoms with Crippen molar-refractivity contribution in [3.8, 4) is 0 Å². The topological polar surface area (TPSA) is 32.3 Å². The van der Waals surface area contributed by atoms with Gasteiger partial charge in [0.15, 0.2) is 0 Å². The first-order valence-electron chi connectivity index (χ1n) is 3.29. The quantitative estimate of drug-likeness (QED) is 0.838. The SMILES string of the molecule is CNC(CO)c1cscc1Br. The van der Waals surface area contributed by atoms with Gasteiger partial charge in [0.05, 0.1) is 12.6 Å². The molecule has 0 aliphatic rings. The second-order valence-electron chi connectivity index (χ2n) is 2.20. The molecule has 11 heavy (non-hydrogen) atoms. The Hall–Kier alpha value is 0.100. The van der Waals surface area contributed by atoms with E-state index in [1.54, 1.807) is 11.3 Å². The first-order chi connectivity index (χ1) is 5.29. The third-order valence-corrected chi connectivity index (χ3v) is 3.30. The minimum atomic E-state index is 0.0515. The number of rotatable bonds is 3. The fraction of sp³-hybridized carbons (Fsp3) is 0.429. The number of halogens is 1. The Kier molecular flexibility index (Phi) is 3.51. The van der Waals surface area contributed by atoms with Gasteiger partial charge in [-0.3, -0.25) is 0 Å². The number of likely N-dealkylation sites (N-methyl/N-ethyl adjacent to an activating group) is 1. The Balaban J connectivity index is 2.81. The van der Waals surface area contributed by atoms with Crippen LogP contribution < -0.4 is 5.32 Å². The molecule has 1 atom stereocenters. The van der Waals surface area contributed by atoms with Crippen LogP contribution in [-0.4, -0.2) is 18.8 Å². The van der Waals surface area contributed by atoms with E-state index in [1.807, 2.05) is 17.8 Å². The van der Waals surface area contributed by atoms with E-state index < -0.39 is 0 Å². The molecule has 0 saturated heterocycles. The first-order valence-corrected chi connectivity index (χ1v) is 5.03. The molecule has 1 unspecified atom stereocenters. The van der Waals surface area contributed by atoms with Gasteiger partial charge in [-0.15, -0.1) is 0 Å². The van der Waals surface area contributed by atoms with Crippen LogP contribution >= 0.6 is 27.3 Å². The zero-order chi connectivity index (χ0) is 8.27. The van der Waals surface area contributed by atoms with Crippen LogP contribution in [0.2, 0.25) is 0 Å². The molecule has 0 fully saturated rings. The molecule has 2 N–H and O–H groups in total. The van der Waals surface area contributed by atoms with E-state index >= 15 is 0 Å². The molecular weight excluding hydrogens is 226 g/mol. The van der Waals surface area contributed by atoms with Gasteiger partial charge < -0.3 is 10.4 Å². The number of aliphatic hydroxyl groups excluding tert-OH is 1. The van der Waals surface area contributed by atoms with E-state index in [4.69, 9.17) is 5.11 Å². The van der Waals surface area contributed by atoms with Gasteiger partial charge in [0, 0.05) is 9.85 Å². The lowest BCUT2D eigenvalue weighted by atomic mass is 10.2. The van der Waals surface area contributed by atoms with Crippen LogP contribution in [0.15, 0.2) is 15.2 Å². The van der Waals surface area contributed by atoms with Gasteiger partial charge in [0.2, 0.25) is 0 Å². The highest BCUT2D eigenvalue weighted by Gasteiger charge is 2.11. The Bertz CT molecular complexity index is 222. The molecule has 1 aromatic heterocycles. The number of aliphatic hydroxyl groups is 1. The van der Waals surface area contributed by atoms with Crippen molar-refractivity contribution in [2.75, 3.05) is 13.7 Å². The molecule has 2 nitrogen and oxygen atoms in total. The van der Waals surface area contributed by atoms with Gasteiger partial charge in [-0.2, -0.15) is 11.3 Å². The molecular formula is C7H10BrNOS. The largest absolute Gasteiger partial charge is 0.394 e. The van der Waals surface area contributed by atoms with Crippen molar-refractivity contribution in [3.05, 3.63) is 20.8 Å². The average molecular weight is 236 g/mol. The van der Waals surface area contributed by atoms with Crippen LogP contribution in [0.1, 0.15) is 11.6 Å². The van der Waals surface area contributed by atoms with Gasteiger partial charge in [-0.1, -0.05) is 0 Å². The number of hydrogen-bond acceptors (Lipinski definition) is 3. The minimum Gasteiger partial charge on any atom is -0.394 e. The third kappa shape index (κ3) is 2.02. The Morgan fingerprint density at radius 3 is 2.82 bits per heavy atom. The van der Waals surface area contributed by atoms with E-state index in [9.17, 15) is 0 Å². The van der Waals surface area contributed by atoms with Crippen molar-refractivity contribution in [2.24, 2.45) is 0 Å². The average Bonchev–Trinajstić information content (AvgIpc) is 2.40. The summed E-state index contributed by atoms with van der Waals surface area (Å²) in [4.78, 5) is 0. The minimum absolute atomic E-state index is 0.0515. The summed E-state index contributed by atoms with van der Waals surface area (Å²) >= 11 is 5.04. The number of thiophene rings is 1. The highest BCUT2D eigenvalue weighted by atomic mass is 79.9. The summed E-state index contributed by atoms with van der Waals surface area (Å²) in [7, 11) is 1.84. The van der Waals surface area contributed by atoms with Crippen LogP contribution in [0.4, 0.5) is 0 Å². The smallest absolute Gasteiger partial charge is 0.0627 e. The van der Waals surface area contributed by atoms with Crippen LogP contribution in [0.3, 0.4) is 0 Å². The lowest BCUT2D eigenvalue weighted by Gasteiger charge is -2.11. The molecule has 0 bridgehead atoms. The maximum Gasteiger partial charge on any atom is 0.0627 e. The van der Waals surface area contributed by atoms with Gasteiger partial charge in [-0.05, 0) is 33.9 Å². The van der Waals surface area contributed by atoms with Crippen LogP contribution in [0.25, 0.3) is 0 Å². The Labute approximate surface area is 78.4 Å². The predicted molar refractivity (Wildman–Crippen MR) is 50.9 cm³/mol. The molecule has 0 radical (unpaired) electrons. The van der Waals surface area contributed by atoms with Gasteiger partial charge in [0.1, 0.15) is 0 Å². The maximum atomic E-state index is 8.94. The number of nitrogens with one attached hydrogen (secondary N) is 1. The van der Waals surface area contributed by atoms with E-state index in [2.05, 4.69) is 21.2 Å². The highest BCUT2D eigenvalue weighted by Crippen LogP contribution is 2.26. The van der Waals surface area contributed by atoms with Crippen molar-refractivity contribution >= 4 is 27.3 Å². The van der Waals surface area contributed by atoms with Crippen LogP contribution in [-0.2, 0) is 0 Å². The zero-order valence-electron chi connectivity index (χ0n) is 6.17. The van der Waals surface area contributed by atoms with Gasteiger partial charge >= 0.3 is 0 Å². The number of hydrogen-bond donors (Lipinski definition) is 2. The second kappa shape index (κ2) is 4.21. The predicted octanol–water partition coefficient (Wildman–Crippen LogP) is 1.76. The van der Waals surface area contributed by atoms with Crippen molar-refractivity contribution in [3.63, 3.8) is 0 Å². The van der Waals surface area contributed by atoms with E-state index in [0.717, 1.165) is 10.0 Å². The highest BCUT2D eigenvalue weighted by molar-refractivity contribution is 9.10. The lowest BCUT2D eigenvalue weighted by Crippen LogP contribution is -2.19. The van der Waals surface area contributed by atoms with Gasteiger partial charge in [-0.25, -0.2) is 0 Å². The standard InChI is InChI=1S/C7H10BrNOS/c1-9-7(2-10)5-3-11-4-6(5)8/h3-4,7,9-10H,2H2,1H3. The van der Waals surface area contributed by atoms with Crippen molar-refractivity contribution in [1.29, 1.82) is 0 Å². The second-order valence-corrected chi connectivity index (χ2v) is 3.80. The summed E-state index contributed by atoms with van der Waals surface area (Å²) in [5.41, 5.74) is 1.13. The fourth-order valence-corrected chi connectivity index (χ4v) is 2.51. The molecule has 0 aliphatic heterocycles. The summed E-state index contributed by atoms with van der Waals surface area (Å²) in [6.45, 7) is 0.131. The van der Waals surface area contributed by atoms with E-state index in [-0.39, 0.29) is 12.6 Å². The van der Waals surface area contributed by atoms with Crippen molar-refractivity contribution in [2.45, 2.75) is 6.04 Å². The van der Waals surface area contributed by atoms with Crippen molar-refractivity contribution in [1.82, 2.24) is 5.32 Å². The normalized spacial score (nSPS) is 13.4. The summed E-state index contributed by atoms with van der Waals surface area (Å²) in [5, 5.41) is 16.0. The summed E-state index contributed by atoms with van der Waals surface area (Å²) in [5.74, 6) is 0. The monoisotopic (exact) mass is 235 g/mol. The van der Waals surface area contributed by atoms with E-state index in [0.29, 0.717) is 0 Å². The van der Waals surface area contributed by atoms with E-state index in [1.165, 1.54) is 0 Å². The molecule has 1 heterocycles. The molecule has 0 spiro atoms. The Morgan fingerprint density at radius 2 is 2.45 bits per heavy atom. The molecule has 1 rings (SSSR count). The van der Waals surface area contributed by atoms with Gasteiger partial charge in [0.25, 0.3) is 0 Å².